The number of ether oxygens (including phenoxy) is 3. The van der Waals surface area contributed by atoms with E-state index in [0.29, 0.717) is 6.61 Å². The van der Waals surface area contributed by atoms with Crippen LogP contribution in [0.2, 0.25) is 0 Å². The van der Waals surface area contributed by atoms with Gasteiger partial charge in [-0.3, -0.25) is 18.2 Å². The summed E-state index contributed by atoms with van der Waals surface area (Å²) < 4.78 is 66.6. The Morgan fingerprint density at radius 2 is 1.09 bits per heavy atom. The third-order valence-electron chi connectivity index (χ3n) is 10.3. The molecule has 30 nitrogen and oxygen atoms in total. The minimum absolute atomic E-state index is 0.0869. The quantitative estimate of drug-likeness (QED) is 0.0653. The molecule has 15 N–H and O–H groups in total. The minimum Gasteiger partial charge on any atom is -0.392 e. The number of nitrogens with zero attached hydrogens (tertiary/aromatic N) is 6. The first-order chi connectivity index (χ1) is 32.2. The van der Waals surface area contributed by atoms with Gasteiger partial charge >= 0.3 is 40.5 Å². The largest absolute Gasteiger partial charge is 0.490 e. The van der Waals surface area contributed by atoms with Crippen molar-refractivity contribution < 1.29 is 86.2 Å². The molecule has 0 bridgehead atoms. The highest BCUT2D eigenvalue weighted by atomic mass is 31.3. The first-order valence-corrected chi connectivity index (χ1v) is 25.0. The second-order valence-corrected chi connectivity index (χ2v) is 21.6. The van der Waals surface area contributed by atoms with Gasteiger partial charge in [0.2, 0.25) is 0 Å². The molecule has 11 atom stereocenters. The fourth-order valence-corrected chi connectivity index (χ4v) is 10.2. The topological polar surface area (TPSA) is 471 Å². The molecule has 3 aliphatic carbocycles. The zero-order valence-electron chi connectivity index (χ0n) is 37.7. The van der Waals surface area contributed by atoms with Crippen LogP contribution in [0.25, 0.3) is 0 Å². The molecule has 0 radical (unpaired) electrons. The Kier molecular flexibility index (Phi) is 17.4. The van der Waals surface area contributed by atoms with Crippen LogP contribution in [0.1, 0.15) is 52.7 Å². The molecule has 33 heteroatoms. The smallest absolute Gasteiger partial charge is 0.392 e. The second-order valence-electron chi connectivity index (χ2n) is 17.1. The number of aliphatic hydroxyl groups is 5. The fraction of sp³-hybridized carbons (Fsp3) is 0.514. The van der Waals surface area contributed by atoms with E-state index in [2.05, 4.69) is 28.1 Å². The Morgan fingerprint density at radius 1 is 0.657 bits per heavy atom. The molecule has 1 fully saturated rings. The van der Waals surface area contributed by atoms with E-state index >= 15 is 0 Å². The van der Waals surface area contributed by atoms with E-state index in [4.69, 9.17) is 51.2 Å². The average Bonchev–Trinajstić information content (AvgIpc) is 3.89. The van der Waals surface area contributed by atoms with Gasteiger partial charge in [0.25, 0.3) is 0 Å². The van der Waals surface area contributed by atoms with Crippen molar-refractivity contribution in [2.24, 2.45) is 0 Å². The maximum atomic E-state index is 12.2. The second kappa shape index (κ2) is 21.6. The molecule has 0 aromatic carbocycles. The third kappa shape index (κ3) is 14.5. The van der Waals surface area contributed by atoms with Crippen molar-refractivity contribution in [3.8, 4) is 0 Å². The Morgan fingerprint density at radius 3 is 1.50 bits per heavy atom. The van der Waals surface area contributed by atoms with Gasteiger partial charge in [0.1, 0.15) is 54.1 Å². The molecule has 4 heterocycles. The number of rotatable bonds is 13. The fourth-order valence-electron chi connectivity index (χ4n) is 7.24. The number of fused-ring (bicyclic) bond motifs is 1. The summed E-state index contributed by atoms with van der Waals surface area (Å²) in [5.41, 5.74) is 15.2. The summed E-state index contributed by atoms with van der Waals surface area (Å²) in [6.45, 7) is 8.87. The summed E-state index contributed by atoms with van der Waals surface area (Å²) in [5.74, 6) is -0.503. The number of anilines is 3. The highest BCUT2D eigenvalue weighted by Gasteiger charge is 2.51. The van der Waals surface area contributed by atoms with Crippen LogP contribution in [-0.4, -0.2) is 142 Å². The molecule has 5 unspecified atom stereocenters. The Balaban J connectivity index is 0.000000202. The monoisotopic (exact) mass is 1050 g/mol. The van der Waals surface area contributed by atoms with Crippen LogP contribution in [-0.2, 0) is 41.1 Å². The van der Waals surface area contributed by atoms with Gasteiger partial charge in [-0.2, -0.15) is 23.6 Å². The van der Waals surface area contributed by atoms with Crippen LogP contribution in [0, 0.1) is 0 Å². The Bertz CT molecular complexity index is 2820. The molecule has 3 aromatic rings. The molecule has 388 valence electrons. The number of hydrogen-bond acceptors (Lipinski definition) is 23. The molecule has 1 aliphatic heterocycles. The van der Waals surface area contributed by atoms with Gasteiger partial charge in [-0.1, -0.05) is 18.2 Å². The molecule has 7 rings (SSSR count). The van der Waals surface area contributed by atoms with Crippen molar-refractivity contribution in [2.45, 2.75) is 101 Å². The first-order valence-electron chi connectivity index (χ1n) is 20.5. The molecule has 3 aromatic heterocycles. The third-order valence-corrected chi connectivity index (χ3v) is 14.1. The number of hydrogen-bond donors (Lipinski definition) is 12. The zero-order valence-corrected chi connectivity index (χ0v) is 40.4. The van der Waals surface area contributed by atoms with Crippen molar-refractivity contribution in [1.29, 1.82) is 0 Å². The molecule has 0 saturated carbocycles. The lowest BCUT2D eigenvalue weighted by Crippen LogP contribution is -2.35. The molecule has 1 saturated heterocycles. The van der Waals surface area contributed by atoms with Gasteiger partial charge in [0, 0.05) is 18.6 Å². The Labute approximate surface area is 396 Å². The van der Waals surface area contributed by atoms with E-state index in [1.807, 2.05) is 40.7 Å². The lowest BCUT2D eigenvalue weighted by Gasteiger charge is -2.23. The lowest BCUT2D eigenvalue weighted by atomic mass is 10.1. The molecular formula is C37H54N9O21P3. The SMILES string of the molecule is CC(C)(C)OCC1=CC(n2ccc(N)nc2=O)[C@H]2OC(C)(C)O[C@@H]12.Nc1ccn([C@@H]2C=C(CO)C(O)[C@@H]2O)c(=O)n1.Nc1ccn([C@@H]2C=C(COP(=O)(O)OP(=O)(O)OP(=O)(O)O)C(O)[C@@H]2O)c(=O)n1. The standard InChI is InChI=1S/C17H25N3O4.C10H16N3O13P3.C10H13N3O4/c1-16(2,3)22-9-10-8-11(14-13(10)23-17(4,5)24-14)20-7-6-12(18)19-15(20)21;11-7-1-2-13(10(16)12-7)6-3-5(8(14)9(6)15)4-24-28(20,21)26-29(22,23)25-27(17,18)19;11-7-1-2-13(10(17)12-7)6-3-5(4-14)8(15)9(6)16/h6-8,11,13-14H,9H2,1-5H3,(H2,18,19,21);1-3,6,8-9,14-15H,4H2,(H,20,21)(H,22,23)(H2,11,12,16)(H2,17,18,19);1-3,6,8-9,14-16H,4H2,(H2,11,12,17)/t11?,13-,14+;2*6-,8?,9-/m011/s1. The number of nitrogens with two attached hydrogens (primary N) is 3. The minimum atomic E-state index is -5.69. The summed E-state index contributed by atoms with van der Waals surface area (Å²) in [4.78, 5) is 81.8. The zero-order chi connectivity index (χ0) is 52.5. The van der Waals surface area contributed by atoms with Crippen LogP contribution in [0.3, 0.4) is 0 Å². The number of phosphoric acid groups is 3. The predicted octanol–water partition coefficient (Wildman–Crippen LogP) is -1.97. The van der Waals surface area contributed by atoms with E-state index in [1.54, 1.807) is 12.3 Å². The molecule has 0 amide bonds. The van der Waals surface area contributed by atoms with E-state index in [9.17, 15) is 53.4 Å². The highest BCUT2D eigenvalue weighted by Crippen LogP contribution is 2.66. The maximum Gasteiger partial charge on any atom is 0.490 e. The first kappa shape index (κ1) is 56.3. The maximum absolute atomic E-state index is 12.2. The number of phosphoric ester groups is 1. The van der Waals surface area contributed by atoms with E-state index in [0.717, 1.165) is 20.8 Å². The van der Waals surface area contributed by atoms with Gasteiger partial charge in [0.15, 0.2) is 5.79 Å². The van der Waals surface area contributed by atoms with Crippen LogP contribution in [0.4, 0.5) is 17.5 Å². The number of aliphatic hydroxyl groups excluding tert-OH is 5. The van der Waals surface area contributed by atoms with E-state index in [1.165, 1.54) is 35.2 Å². The van der Waals surface area contributed by atoms with Crippen LogP contribution in [0.5, 0.6) is 0 Å². The van der Waals surface area contributed by atoms with E-state index in [-0.39, 0.29) is 59.1 Å². The van der Waals surface area contributed by atoms with Crippen LogP contribution < -0.4 is 34.3 Å². The molecule has 0 spiro atoms. The van der Waals surface area contributed by atoms with Gasteiger partial charge in [-0.15, -0.1) is 0 Å². The van der Waals surface area contributed by atoms with Gasteiger partial charge in [0.05, 0.1) is 43.5 Å². The highest BCUT2D eigenvalue weighted by molar-refractivity contribution is 7.66. The van der Waals surface area contributed by atoms with Gasteiger partial charge in [-0.05, 0) is 69.5 Å². The number of nitrogen functional groups attached to an aromatic ring is 3. The summed E-state index contributed by atoms with van der Waals surface area (Å²) in [5, 5.41) is 48.4. The summed E-state index contributed by atoms with van der Waals surface area (Å²) in [6.07, 6.45) is 2.63. The van der Waals surface area contributed by atoms with Gasteiger partial charge < -0.3 is 76.5 Å². The molecular weight excluding hydrogens is 999 g/mol. The van der Waals surface area contributed by atoms with Gasteiger partial charge in [-0.25, -0.2) is 28.1 Å². The normalized spacial score (nSPS) is 27.7. The summed E-state index contributed by atoms with van der Waals surface area (Å²) in [7, 11) is -16.7. The molecule has 4 aliphatic rings. The summed E-state index contributed by atoms with van der Waals surface area (Å²) >= 11 is 0. The Hall–Kier alpha value is -4.65. The van der Waals surface area contributed by atoms with E-state index < -0.39 is 89.4 Å². The molecule has 70 heavy (non-hydrogen) atoms. The number of aromatic nitrogens is 6. The van der Waals surface area contributed by atoms with Crippen molar-refractivity contribution in [3.05, 3.63) is 103 Å². The van der Waals surface area contributed by atoms with Crippen molar-refractivity contribution >= 4 is 40.9 Å². The van der Waals surface area contributed by atoms with Crippen molar-refractivity contribution in [3.63, 3.8) is 0 Å². The predicted molar refractivity (Wildman–Crippen MR) is 241 cm³/mol. The van der Waals surface area contributed by atoms with Crippen LogP contribution in [0.15, 0.2) is 86.1 Å². The van der Waals surface area contributed by atoms with Crippen LogP contribution >= 0.6 is 23.5 Å². The average molecular weight is 1050 g/mol. The van der Waals surface area contributed by atoms with Crippen molar-refractivity contribution in [2.75, 3.05) is 37.0 Å². The van der Waals surface area contributed by atoms with Crippen molar-refractivity contribution in [1.82, 2.24) is 28.7 Å². The lowest BCUT2D eigenvalue weighted by molar-refractivity contribution is -0.148. The summed E-state index contributed by atoms with van der Waals surface area (Å²) in [6, 6.07) is 2.09.